The maximum atomic E-state index is 11.4. The zero-order valence-electron chi connectivity index (χ0n) is 10.9. The molecular weight excluding hydrogens is 216 g/mol. The normalized spacial score (nSPS) is 36.2. The molecule has 98 valence electrons. The smallest absolute Gasteiger partial charge is 0.323 e. The van der Waals surface area contributed by atoms with Crippen LogP contribution in [0.3, 0.4) is 0 Å². The molecule has 0 radical (unpaired) electrons. The van der Waals surface area contributed by atoms with E-state index in [9.17, 15) is 9.90 Å². The molecule has 17 heavy (non-hydrogen) atoms. The zero-order chi connectivity index (χ0) is 12.5. The van der Waals surface area contributed by atoms with Gasteiger partial charge in [0.1, 0.15) is 5.54 Å². The first kappa shape index (κ1) is 12.8. The van der Waals surface area contributed by atoms with Crippen molar-refractivity contribution in [2.45, 2.75) is 50.6 Å². The molecular formula is C13H24N2O2. The van der Waals surface area contributed by atoms with Crippen molar-refractivity contribution < 1.29 is 9.90 Å². The number of carboxylic acids is 1. The van der Waals surface area contributed by atoms with E-state index in [0.29, 0.717) is 6.04 Å². The number of piperidine rings is 1. The Morgan fingerprint density at radius 2 is 2.00 bits per heavy atom. The van der Waals surface area contributed by atoms with Gasteiger partial charge in [-0.1, -0.05) is 6.92 Å². The van der Waals surface area contributed by atoms with Crippen molar-refractivity contribution >= 4 is 5.97 Å². The summed E-state index contributed by atoms with van der Waals surface area (Å²) in [6.45, 7) is 4.59. The highest BCUT2D eigenvalue weighted by molar-refractivity contribution is 5.79. The highest BCUT2D eigenvalue weighted by Gasteiger charge is 2.46. The van der Waals surface area contributed by atoms with Gasteiger partial charge in [-0.25, -0.2) is 0 Å². The molecule has 4 nitrogen and oxygen atoms in total. The Bertz CT molecular complexity index is 287. The molecule has 1 aliphatic heterocycles. The third kappa shape index (κ3) is 2.47. The minimum Gasteiger partial charge on any atom is -0.480 e. The fourth-order valence-corrected chi connectivity index (χ4v) is 3.25. The Kier molecular flexibility index (Phi) is 3.73. The average molecular weight is 240 g/mol. The Hall–Kier alpha value is -0.610. The Morgan fingerprint density at radius 1 is 1.35 bits per heavy atom. The molecule has 1 aliphatic carbocycles. The molecule has 2 unspecified atom stereocenters. The summed E-state index contributed by atoms with van der Waals surface area (Å²) in [4.78, 5) is 13.9. The second-order valence-corrected chi connectivity index (χ2v) is 5.75. The van der Waals surface area contributed by atoms with Gasteiger partial charge in [-0.05, 0) is 58.2 Å². The monoisotopic (exact) mass is 240 g/mol. The number of nitrogens with zero attached hydrogens (tertiary/aromatic N) is 1. The molecule has 2 atom stereocenters. The summed E-state index contributed by atoms with van der Waals surface area (Å²) in [5.41, 5.74) is -0.673. The van der Waals surface area contributed by atoms with Crippen LogP contribution >= 0.6 is 0 Å². The minimum absolute atomic E-state index is 0.464. The fourth-order valence-electron chi connectivity index (χ4n) is 3.25. The van der Waals surface area contributed by atoms with Crippen molar-refractivity contribution in [2.24, 2.45) is 5.92 Å². The van der Waals surface area contributed by atoms with Gasteiger partial charge in [-0.15, -0.1) is 0 Å². The summed E-state index contributed by atoms with van der Waals surface area (Å²) >= 11 is 0. The van der Waals surface area contributed by atoms with Gasteiger partial charge < -0.3 is 15.3 Å². The van der Waals surface area contributed by atoms with E-state index < -0.39 is 11.5 Å². The van der Waals surface area contributed by atoms with Crippen molar-refractivity contribution in [3.05, 3.63) is 0 Å². The van der Waals surface area contributed by atoms with Crippen LogP contribution in [0, 0.1) is 5.92 Å². The van der Waals surface area contributed by atoms with Gasteiger partial charge in [0.05, 0.1) is 0 Å². The van der Waals surface area contributed by atoms with Crippen molar-refractivity contribution in [2.75, 3.05) is 20.1 Å². The Balaban J connectivity index is 1.95. The first-order valence-corrected chi connectivity index (χ1v) is 6.74. The highest BCUT2D eigenvalue weighted by Crippen LogP contribution is 2.34. The molecule has 2 fully saturated rings. The van der Waals surface area contributed by atoms with Crippen LogP contribution in [0.1, 0.15) is 39.0 Å². The van der Waals surface area contributed by atoms with Crippen LogP contribution in [0.4, 0.5) is 0 Å². The van der Waals surface area contributed by atoms with Gasteiger partial charge in [-0.2, -0.15) is 0 Å². The molecule has 2 N–H and O–H groups in total. The lowest BCUT2D eigenvalue weighted by Gasteiger charge is -2.35. The van der Waals surface area contributed by atoms with E-state index in [1.807, 2.05) is 0 Å². The van der Waals surface area contributed by atoms with Gasteiger partial charge in [0.15, 0.2) is 0 Å². The van der Waals surface area contributed by atoms with Crippen LogP contribution in [-0.4, -0.2) is 47.7 Å². The van der Waals surface area contributed by atoms with Crippen molar-refractivity contribution in [1.29, 1.82) is 0 Å². The SMILES string of the molecule is CNC1(C(=O)O)CCC(N2CCC(C)CC2)C1. The van der Waals surface area contributed by atoms with Gasteiger partial charge in [0.2, 0.25) is 0 Å². The van der Waals surface area contributed by atoms with Crippen molar-refractivity contribution in [1.82, 2.24) is 10.2 Å². The molecule has 0 aromatic rings. The maximum absolute atomic E-state index is 11.4. The number of likely N-dealkylation sites (N-methyl/N-ethyl adjacent to an activating group) is 1. The molecule has 1 heterocycles. The molecule has 0 amide bonds. The third-order valence-electron chi connectivity index (χ3n) is 4.71. The summed E-state index contributed by atoms with van der Waals surface area (Å²) < 4.78 is 0. The van der Waals surface area contributed by atoms with Crippen LogP contribution in [0.15, 0.2) is 0 Å². The van der Waals surface area contributed by atoms with E-state index >= 15 is 0 Å². The lowest BCUT2D eigenvalue weighted by Crippen LogP contribution is -2.50. The molecule has 2 aliphatic rings. The molecule has 1 saturated heterocycles. The number of aliphatic carboxylic acids is 1. The summed E-state index contributed by atoms with van der Waals surface area (Å²) in [6, 6.07) is 0.464. The topological polar surface area (TPSA) is 52.6 Å². The second kappa shape index (κ2) is 4.94. The number of nitrogens with one attached hydrogen (secondary N) is 1. The quantitative estimate of drug-likeness (QED) is 0.781. The Labute approximate surface area is 103 Å². The highest BCUT2D eigenvalue weighted by atomic mass is 16.4. The zero-order valence-corrected chi connectivity index (χ0v) is 10.9. The van der Waals surface area contributed by atoms with E-state index in [1.54, 1.807) is 7.05 Å². The maximum Gasteiger partial charge on any atom is 0.323 e. The number of likely N-dealkylation sites (tertiary alicyclic amines) is 1. The fraction of sp³-hybridized carbons (Fsp3) is 0.923. The van der Waals surface area contributed by atoms with Gasteiger partial charge in [0.25, 0.3) is 0 Å². The van der Waals surface area contributed by atoms with E-state index in [0.717, 1.165) is 38.3 Å². The van der Waals surface area contributed by atoms with E-state index in [4.69, 9.17) is 0 Å². The Morgan fingerprint density at radius 3 is 2.47 bits per heavy atom. The number of rotatable bonds is 3. The largest absolute Gasteiger partial charge is 0.480 e. The lowest BCUT2D eigenvalue weighted by molar-refractivity contribution is -0.144. The molecule has 4 heteroatoms. The predicted octanol–water partition coefficient (Wildman–Crippen LogP) is 1.31. The molecule has 0 aromatic carbocycles. The molecule has 0 aromatic heterocycles. The summed E-state index contributed by atoms with van der Waals surface area (Å²) in [7, 11) is 1.77. The standard InChI is InChI=1S/C13H24N2O2/c1-10-4-7-15(8-5-10)11-3-6-13(9-11,14-2)12(16)17/h10-11,14H,3-9H2,1-2H3,(H,16,17). The van der Waals surface area contributed by atoms with Gasteiger partial charge in [-0.3, -0.25) is 4.79 Å². The number of carboxylic acid groups (broad SMARTS) is 1. The van der Waals surface area contributed by atoms with E-state index in [-0.39, 0.29) is 0 Å². The molecule has 1 saturated carbocycles. The predicted molar refractivity (Wildman–Crippen MR) is 67.0 cm³/mol. The number of hydrogen-bond donors (Lipinski definition) is 2. The van der Waals surface area contributed by atoms with Crippen LogP contribution in [-0.2, 0) is 4.79 Å². The third-order valence-corrected chi connectivity index (χ3v) is 4.71. The summed E-state index contributed by atoms with van der Waals surface area (Å²) in [5, 5.41) is 12.4. The first-order valence-electron chi connectivity index (χ1n) is 6.74. The second-order valence-electron chi connectivity index (χ2n) is 5.75. The van der Waals surface area contributed by atoms with Crippen LogP contribution in [0.2, 0.25) is 0 Å². The summed E-state index contributed by atoms with van der Waals surface area (Å²) in [6.07, 6.45) is 5.05. The first-order chi connectivity index (χ1) is 8.07. The number of carbonyl (C=O) groups is 1. The minimum atomic E-state index is -0.687. The van der Waals surface area contributed by atoms with Crippen LogP contribution < -0.4 is 5.32 Å². The van der Waals surface area contributed by atoms with Crippen LogP contribution in [0.25, 0.3) is 0 Å². The lowest BCUT2D eigenvalue weighted by atomic mass is 9.95. The van der Waals surface area contributed by atoms with Gasteiger partial charge >= 0.3 is 5.97 Å². The van der Waals surface area contributed by atoms with Gasteiger partial charge in [0, 0.05) is 6.04 Å². The molecule has 2 rings (SSSR count). The molecule has 0 bridgehead atoms. The molecule has 0 spiro atoms. The van der Waals surface area contributed by atoms with E-state index in [2.05, 4.69) is 17.1 Å². The van der Waals surface area contributed by atoms with Crippen LogP contribution in [0.5, 0.6) is 0 Å². The van der Waals surface area contributed by atoms with E-state index in [1.165, 1.54) is 12.8 Å². The summed E-state index contributed by atoms with van der Waals surface area (Å²) in [5.74, 6) is 0.147. The number of hydrogen-bond acceptors (Lipinski definition) is 3. The van der Waals surface area contributed by atoms with Crippen molar-refractivity contribution in [3.8, 4) is 0 Å². The average Bonchev–Trinajstić information content (AvgIpc) is 2.75. The van der Waals surface area contributed by atoms with Crippen molar-refractivity contribution in [3.63, 3.8) is 0 Å².